The van der Waals surface area contributed by atoms with Gasteiger partial charge in [-0.25, -0.2) is 0 Å². The Bertz CT molecular complexity index is 1500. The van der Waals surface area contributed by atoms with Crippen LogP contribution in [0.2, 0.25) is 0 Å². The standard InChI is InChI=1S/C42H84N14O21/c43-1-8-29-15(50)22(57)36(64-8)72-30-9(2-44)66-38(24(59)17(30)52)74-32-11(4-46)68-40(26(61)19(32)54)76-34-13(6-48)70-42(28(63)21(34)56)77-35-14(7-49)69-41(27(62)20(35)55)75-33-12(5-47)67-39(25(60)18(33)53)73-31-10(3-45)65-37(71-29)23(58)16(31)51/h8-42,57-63H,1-7,43-56H2/t8-,9-,10-,11-,12+,13+,14+,15-,16-,17-,18+,19+,20+,21+,22-,23-,24-,25+,26+,27+,28+,29-,30-,31-,32-,33-,34-,35-,36-,37-,38-,39-,40-,41-,42-/m1/s1. The first kappa shape index (κ1) is 61.7. The fraction of sp³-hybridized carbons (Fsp3) is 1.00. The molecule has 35 heteroatoms. The van der Waals surface area contributed by atoms with E-state index in [1.807, 2.05) is 0 Å². The second-order valence-corrected chi connectivity index (χ2v) is 20.6. The van der Waals surface area contributed by atoms with Crippen LogP contribution < -0.4 is 80.3 Å². The van der Waals surface area contributed by atoms with Crippen molar-refractivity contribution < 1.29 is 102 Å². The molecule has 0 amide bonds. The van der Waals surface area contributed by atoms with Crippen molar-refractivity contribution in [3.05, 3.63) is 0 Å². The van der Waals surface area contributed by atoms with Crippen molar-refractivity contribution in [2.75, 3.05) is 45.8 Å². The Balaban J connectivity index is 1.08. The lowest BCUT2D eigenvalue weighted by molar-refractivity contribution is -0.365. The molecule has 21 rings (SSSR count). The quantitative estimate of drug-likeness (QED) is 0.113. The van der Waals surface area contributed by atoms with E-state index in [9.17, 15) is 35.7 Å². The highest BCUT2D eigenvalue weighted by atomic mass is 16.8. The van der Waals surface area contributed by atoms with Gasteiger partial charge in [0.2, 0.25) is 0 Å². The summed E-state index contributed by atoms with van der Waals surface area (Å²) in [5.41, 5.74) is 89.1. The molecule has 14 bridgehead atoms. The molecule has 35 atom stereocenters. The monoisotopic (exact) mass is 1120 g/mol. The van der Waals surface area contributed by atoms with E-state index in [0.717, 1.165) is 0 Å². The average molecular weight is 1120 g/mol. The molecule has 21 aliphatic heterocycles. The first-order valence-corrected chi connectivity index (χ1v) is 25.8. The molecule has 0 aliphatic carbocycles. The Morgan fingerprint density at radius 1 is 0.195 bits per heavy atom. The summed E-state index contributed by atoms with van der Waals surface area (Å²) < 4.78 is 85.8. The molecule has 21 aliphatic rings. The first-order valence-electron chi connectivity index (χ1n) is 25.8. The fourth-order valence-electron chi connectivity index (χ4n) is 11.1. The number of aliphatic hydroxyl groups is 7. The van der Waals surface area contributed by atoms with Gasteiger partial charge in [0, 0.05) is 45.8 Å². The van der Waals surface area contributed by atoms with Crippen LogP contribution in [0.15, 0.2) is 0 Å². The van der Waals surface area contributed by atoms with E-state index in [1.54, 1.807) is 0 Å². The number of hydrogen-bond acceptors (Lipinski definition) is 35. The van der Waals surface area contributed by atoms with Crippen molar-refractivity contribution in [3.63, 3.8) is 0 Å². The second kappa shape index (κ2) is 26.0. The summed E-state index contributed by atoms with van der Waals surface area (Å²) in [6.07, 6.45) is -40.2. The zero-order chi connectivity index (χ0) is 56.1. The summed E-state index contributed by atoms with van der Waals surface area (Å²) in [5.74, 6) is 0. The van der Waals surface area contributed by atoms with Crippen molar-refractivity contribution >= 4 is 0 Å². The molecule has 21 fully saturated rings. The second-order valence-electron chi connectivity index (χ2n) is 20.6. The summed E-state index contributed by atoms with van der Waals surface area (Å²) in [4.78, 5) is 0. The van der Waals surface area contributed by atoms with Crippen molar-refractivity contribution in [2.24, 2.45) is 80.3 Å². The number of ether oxygens (including phenoxy) is 14. The zero-order valence-electron chi connectivity index (χ0n) is 42.1. The maximum absolute atomic E-state index is 11.6. The third-order valence-corrected chi connectivity index (χ3v) is 15.8. The number of aliphatic hydroxyl groups excluding tert-OH is 7. The van der Waals surface area contributed by atoms with Gasteiger partial charge in [-0.1, -0.05) is 0 Å². The van der Waals surface area contributed by atoms with E-state index in [4.69, 9.17) is 147 Å². The Hall–Kier alpha value is -1.40. The largest absolute Gasteiger partial charge is 0.386 e. The lowest BCUT2D eigenvalue weighted by Crippen LogP contribution is -2.71. The van der Waals surface area contributed by atoms with Gasteiger partial charge in [-0.05, 0) is 0 Å². The van der Waals surface area contributed by atoms with Crippen molar-refractivity contribution in [1.29, 1.82) is 0 Å². The lowest BCUT2D eigenvalue weighted by atomic mass is 9.93. The van der Waals surface area contributed by atoms with E-state index in [1.165, 1.54) is 0 Å². The molecule has 21 saturated heterocycles. The third-order valence-electron chi connectivity index (χ3n) is 15.8. The van der Waals surface area contributed by atoms with Crippen molar-refractivity contribution in [3.8, 4) is 0 Å². The van der Waals surface area contributed by atoms with Crippen LogP contribution in [-0.2, 0) is 66.3 Å². The van der Waals surface area contributed by atoms with Crippen LogP contribution in [0.1, 0.15) is 0 Å². The SMILES string of the molecule is NC[C@@H]1O[C@@H]2O[C@H]3[C@@H](N)[C@H](O)[C@@H](O[C@H]4[C@H](N)[C@@H](O)[C@@H](O[C@H]5[C@H](N)[C@@H](O)[C@@H](O[C@H]6[C@H](N)[C@@H](O)[C@@H](O[C@H]7[C@@H](N)[C@H](O)[C@@H](O[C@H]8[C@@H](N)[C@H](O)[C@@H](O[C@H]1[C@@H](N)[C@@H]2O)O[C@H]8CN)O[C@@H]7CN)O[C@@H]6CN)O[C@@H]5CN)O[C@@H]4CN)O[C@H]3CN. The molecule has 35 nitrogen and oxygen atoms in total. The van der Waals surface area contributed by atoms with E-state index < -0.39 is 215 Å². The van der Waals surface area contributed by atoms with Crippen molar-refractivity contribution in [1.82, 2.24) is 0 Å². The van der Waals surface area contributed by atoms with Crippen molar-refractivity contribution in [2.45, 2.75) is 215 Å². The van der Waals surface area contributed by atoms with E-state index in [0.29, 0.717) is 0 Å². The molecule has 21 heterocycles. The number of rotatable bonds is 7. The minimum absolute atomic E-state index is 0.287. The van der Waals surface area contributed by atoms with Gasteiger partial charge in [-0.15, -0.1) is 0 Å². The molecule has 0 aromatic heterocycles. The van der Waals surface area contributed by atoms with Crippen LogP contribution in [0.5, 0.6) is 0 Å². The maximum atomic E-state index is 11.6. The highest BCUT2D eigenvalue weighted by Gasteiger charge is 2.58. The predicted octanol–water partition coefficient (Wildman–Crippen LogP) is -15.7. The van der Waals surface area contributed by atoms with Crippen LogP contribution in [0.3, 0.4) is 0 Å². The van der Waals surface area contributed by atoms with Gasteiger partial charge >= 0.3 is 0 Å². The normalized spacial score (nSPS) is 55.4. The molecule has 448 valence electrons. The zero-order valence-corrected chi connectivity index (χ0v) is 42.1. The van der Waals surface area contributed by atoms with E-state index >= 15 is 0 Å². The predicted molar refractivity (Wildman–Crippen MR) is 256 cm³/mol. The van der Waals surface area contributed by atoms with Gasteiger partial charge < -0.3 is 182 Å². The molecular formula is C42H84N14O21. The average Bonchev–Trinajstić information content (AvgIpc) is 3.45. The fourth-order valence-corrected chi connectivity index (χ4v) is 11.1. The topological polar surface area (TPSA) is 635 Å². The van der Waals surface area contributed by atoms with Crippen LogP contribution in [0.4, 0.5) is 0 Å². The van der Waals surface area contributed by atoms with Crippen LogP contribution in [0.25, 0.3) is 0 Å². The van der Waals surface area contributed by atoms with E-state index in [-0.39, 0.29) is 45.8 Å². The highest BCUT2D eigenvalue weighted by molar-refractivity contribution is 5.05. The Morgan fingerprint density at radius 2 is 0.299 bits per heavy atom. The molecule has 35 N–H and O–H groups in total. The molecule has 0 spiro atoms. The van der Waals surface area contributed by atoms with Gasteiger partial charge in [0.15, 0.2) is 44.0 Å². The summed E-state index contributed by atoms with van der Waals surface area (Å²) in [5, 5.41) is 81.1. The minimum Gasteiger partial charge on any atom is -0.386 e. The van der Waals surface area contributed by atoms with Gasteiger partial charge in [-0.3, -0.25) is 0 Å². The molecule has 0 unspecified atom stereocenters. The van der Waals surface area contributed by atoms with E-state index in [2.05, 4.69) is 0 Å². The maximum Gasteiger partial charge on any atom is 0.186 e. The Morgan fingerprint density at radius 3 is 0.390 bits per heavy atom. The summed E-state index contributed by atoms with van der Waals surface area (Å²) in [6.45, 7) is -2.01. The Labute approximate surface area is 442 Å². The van der Waals surface area contributed by atoms with Gasteiger partial charge in [0.1, 0.15) is 128 Å². The molecule has 77 heavy (non-hydrogen) atoms. The van der Waals surface area contributed by atoms with Gasteiger partial charge in [-0.2, -0.15) is 0 Å². The summed E-state index contributed by atoms with van der Waals surface area (Å²) in [6, 6.07) is -9.55. The third kappa shape index (κ3) is 12.1. The molecule has 0 aromatic carbocycles. The lowest BCUT2D eigenvalue weighted by Gasteiger charge is -2.51. The molecular weight excluding hydrogens is 1040 g/mol. The van der Waals surface area contributed by atoms with Crippen LogP contribution >= 0.6 is 0 Å². The summed E-state index contributed by atoms with van der Waals surface area (Å²) >= 11 is 0. The smallest absolute Gasteiger partial charge is 0.186 e. The number of nitrogens with two attached hydrogens (primary N) is 14. The minimum atomic E-state index is -1.70. The van der Waals surface area contributed by atoms with Gasteiger partial charge in [0.05, 0.1) is 42.3 Å². The van der Waals surface area contributed by atoms with Crippen LogP contribution in [0, 0.1) is 0 Å². The number of hydrogen-bond donors (Lipinski definition) is 21. The summed E-state index contributed by atoms with van der Waals surface area (Å²) in [7, 11) is 0. The van der Waals surface area contributed by atoms with Gasteiger partial charge in [0.25, 0.3) is 0 Å². The Kier molecular flexibility index (Phi) is 20.8. The molecule has 0 radical (unpaired) electrons. The molecule has 0 saturated carbocycles. The highest BCUT2D eigenvalue weighted by Crippen LogP contribution is 2.37. The molecule has 0 aromatic rings. The van der Waals surface area contributed by atoms with Crippen LogP contribution in [-0.4, -0.2) is 296 Å². The first-order chi connectivity index (χ1) is 36.7.